The van der Waals surface area contributed by atoms with Gasteiger partial charge in [0.2, 0.25) is 0 Å². The van der Waals surface area contributed by atoms with Gasteiger partial charge in [-0.15, -0.1) is 0 Å². The summed E-state index contributed by atoms with van der Waals surface area (Å²) >= 11 is 0. The number of likely N-dealkylation sites (tertiary alicyclic amines) is 1. The van der Waals surface area contributed by atoms with Crippen LogP contribution in [0.25, 0.3) is 11.5 Å². The number of hydrogen-bond donors (Lipinski definition) is 1. The Bertz CT molecular complexity index is 589. The Hall–Kier alpha value is -1.72. The van der Waals surface area contributed by atoms with Gasteiger partial charge in [-0.1, -0.05) is 30.3 Å². The second kappa shape index (κ2) is 6.37. The van der Waals surface area contributed by atoms with Crippen LogP contribution in [0.3, 0.4) is 0 Å². The Morgan fingerprint density at radius 1 is 1.29 bits per heavy atom. The molecule has 0 saturated carbocycles. The fourth-order valence-electron chi connectivity index (χ4n) is 2.86. The van der Waals surface area contributed by atoms with E-state index in [1.54, 1.807) is 0 Å². The zero-order valence-electron chi connectivity index (χ0n) is 12.5. The van der Waals surface area contributed by atoms with Crippen LogP contribution in [0.4, 0.5) is 0 Å². The summed E-state index contributed by atoms with van der Waals surface area (Å²) in [6, 6.07) is 7.93. The van der Waals surface area contributed by atoms with Gasteiger partial charge in [0.05, 0.1) is 6.04 Å². The molecule has 112 valence electrons. The highest BCUT2D eigenvalue weighted by Gasteiger charge is 2.21. The number of aromatic nitrogens is 2. The van der Waals surface area contributed by atoms with Crippen LogP contribution in [0.5, 0.6) is 0 Å². The first kappa shape index (κ1) is 14.2. The fraction of sp³-hybridized carbons (Fsp3) is 0.500. The second-order valence-corrected chi connectivity index (χ2v) is 5.58. The number of benzene rings is 1. The number of nitrogens with two attached hydrogens (primary N) is 1. The van der Waals surface area contributed by atoms with Crippen LogP contribution < -0.4 is 5.73 Å². The normalized spacial score (nSPS) is 17.2. The molecule has 2 aromatic rings. The van der Waals surface area contributed by atoms with Crippen molar-refractivity contribution in [3.8, 4) is 11.5 Å². The third kappa shape index (κ3) is 3.14. The molecule has 5 nitrogen and oxygen atoms in total. The Balaban J connectivity index is 1.76. The van der Waals surface area contributed by atoms with Crippen molar-refractivity contribution in [2.45, 2.75) is 32.2 Å². The number of nitrogens with zero attached hydrogens (tertiary/aromatic N) is 3. The summed E-state index contributed by atoms with van der Waals surface area (Å²) in [5.41, 5.74) is 8.43. The van der Waals surface area contributed by atoms with E-state index in [1.807, 2.05) is 18.2 Å². The minimum Gasteiger partial charge on any atom is -0.334 e. The summed E-state index contributed by atoms with van der Waals surface area (Å²) < 4.78 is 5.42. The van der Waals surface area contributed by atoms with Crippen LogP contribution in [-0.4, -0.2) is 34.7 Å². The topological polar surface area (TPSA) is 68.2 Å². The zero-order valence-corrected chi connectivity index (χ0v) is 12.5. The highest BCUT2D eigenvalue weighted by molar-refractivity contribution is 5.58. The van der Waals surface area contributed by atoms with Crippen molar-refractivity contribution in [1.29, 1.82) is 0 Å². The third-order valence-corrected chi connectivity index (χ3v) is 4.06. The third-order valence-electron chi connectivity index (χ3n) is 4.06. The molecule has 1 unspecified atom stereocenters. The SMILES string of the molecule is CCc1ccccc1-c1nc(C(N)CN2CCCC2)no1. The summed E-state index contributed by atoms with van der Waals surface area (Å²) in [5.74, 6) is 1.17. The maximum Gasteiger partial charge on any atom is 0.258 e. The van der Waals surface area contributed by atoms with Gasteiger partial charge >= 0.3 is 0 Å². The van der Waals surface area contributed by atoms with E-state index < -0.39 is 0 Å². The van der Waals surface area contributed by atoms with Gasteiger partial charge < -0.3 is 15.2 Å². The molecule has 3 rings (SSSR count). The molecule has 0 aliphatic carbocycles. The van der Waals surface area contributed by atoms with Gasteiger partial charge in [-0.2, -0.15) is 4.98 Å². The Morgan fingerprint density at radius 2 is 2.05 bits per heavy atom. The van der Waals surface area contributed by atoms with Crippen molar-refractivity contribution >= 4 is 0 Å². The summed E-state index contributed by atoms with van der Waals surface area (Å²) in [6.07, 6.45) is 3.45. The van der Waals surface area contributed by atoms with Gasteiger partial charge in [-0.05, 0) is 44.0 Å². The van der Waals surface area contributed by atoms with Crippen molar-refractivity contribution in [3.05, 3.63) is 35.7 Å². The van der Waals surface area contributed by atoms with Crippen LogP contribution in [0, 0.1) is 0 Å². The molecule has 1 aliphatic heterocycles. The van der Waals surface area contributed by atoms with Crippen LogP contribution in [0.15, 0.2) is 28.8 Å². The van der Waals surface area contributed by atoms with Gasteiger partial charge in [-0.3, -0.25) is 0 Å². The van der Waals surface area contributed by atoms with Crippen molar-refractivity contribution in [3.63, 3.8) is 0 Å². The van der Waals surface area contributed by atoms with Gasteiger partial charge in [0.1, 0.15) is 0 Å². The minimum absolute atomic E-state index is 0.186. The molecule has 0 radical (unpaired) electrons. The standard InChI is InChI=1S/C16H22N4O/c1-2-12-7-3-4-8-13(12)16-18-15(19-21-16)14(17)11-20-9-5-6-10-20/h3-4,7-8,14H,2,5-6,9-11,17H2,1H3. The molecular weight excluding hydrogens is 264 g/mol. The minimum atomic E-state index is -0.186. The van der Waals surface area contributed by atoms with E-state index in [4.69, 9.17) is 10.3 Å². The maximum absolute atomic E-state index is 6.21. The van der Waals surface area contributed by atoms with Gasteiger partial charge in [-0.25, -0.2) is 0 Å². The predicted octanol–water partition coefficient (Wildman–Crippen LogP) is 2.39. The summed E-state index contributed by atoms with van der Waals surface area (Å²) in [6.45, 7) is 5.16. The molecule has 0 amide bonds. The van der Waals surface area contributed by atoms with E-state index in [1.165, 1.54) is 18.4 Å². The van der Waals surface area contributed by atoms with E-state index in [2.05, 4.69) is 28.0 Å². The van der Waals surface area contributed by atoms with Crippen molar-refractivity contribution in [2.24, 2.45) is 5.73 Å². The molecule has 2 heterocycles. The largest absolute Gasteiger partial charge is 0.334 e. The van der Waals surface area contributed by atoms with Crippen molar-refractivity contribution in [1.82, 2.24) is 15.0 Å². The Labute approximate surface area is 125 Å². The second-order valence-electron chi connectivity index (χ2n) is 5.58. The van der Waals surface area contributed by atoms with E-state index in [0.717, 1.165) is 31.6 Å². The van der Waals surface area contributed by atoms with Crippen LogP contribution in [0.2, 0.25) is 0 Å². The molecule has 2 N–H and O–H groups in total. The molecule has 1 saturated heterocycles. The van der Waals surface area contributed by atoms with E-state index >= 15 is 0 Å². The number of rotatable bonds is 5. The average Bonchev–Trinajstić information content (AvgIpc) is 3.18. The molecule has 0 bridgehead atoms. The van der Waals surface area contributed by atoms with Crippen LogP contribution in [0.1, 0.15) is 37.2 Å². The van der Waals surface area contributed by atoms with E-state index in [9.17, 15) is 0 Å². The Kier molecular flexibility index (Phi) is 4.31. The number of aryl methyl sites for hydroxylation is 1. The smallest absolute Gasteiger partial charge is 0.258 e. The average molecular weight is 286 g/mol. The molecule has 1 fully saturated rings. The quantitative estimate of drug-likeness (QED) is 0.914. The van der Waals surface area contributed by atoms with Crippen LogP contribution in [-0.2, 0) is 6.42 Å². The number of hydrogen-bond acceptors (Lipinski definition) is 5. The fourth-order valence-corrected chi connectivity index (χ4v) is 2.86. The Morgan fingerprint density at radius 3 is 2.81 bits per heavy atom. The molecule has 1 aromatic heterocycles. The molecular formula is C16H22N4O. The molecule has 1 atom stereocenters. The summed E-state index contributed by atoms with van der Waals surface area (Å²) in [4.78, 5) is 6.86. The molecule has 0 spiro atoms. The summed E-state index contributed by atoms with van der Waals surface area (Å²) in [7, 11) is 0. The van der Waals surface area contributed by atoms with E-state index in [-0.39, 0.29) is 6.04 Å². The predicted molar refractivity (Wildman–Crippen MR) is 81.7 cm³/mol. The lowest BCUT2D eigenvalue weighted by atomic mass is 10.1. The lowest BCUT2D eigenvalue weighted by molar-refractivity contribution is 0.306. The lowest BCUT2D eigenvalue weighted by Crippen LogP contribution is -2.30. The monoisotopic (exact) mass is 286 g/mol. The summed E-state index contributed by atoms with van der Waals surface area (Å²) in [5, 5.41) is 4.07. The van der Waals surface area contributed by atoms with Gasteiger partial charge in [0.25, 0.3) is 5.89 Å². The molecule has 1 aliphatic rings. The highest BCUT2D eigenvalue weighted by Crippen LogP contribution is 2.23. The van der Waals surface area contributed by atoms with Gasteiger partial charge in [0.15, 0.2) is 5.82 Å². The molecule has 21 heavy (non-hydrogen) atoms. The lowest BCUT2D eigenvalue weighted by Gasteiger charge is -2.17. The molecule has 5 heteroatoms. The van der Waals surface area contributed by atoms with Crippen molar-refractivity contribution in [2.75, 3.05) is 19.6 Å². The highest BCUT2D eigenvalue weighted by atomic mass is 16.5. The first-order valence-electron chi connectivity index (χ1n) is 7.67. The van der Waals surface area contributed by atoms with Crippen LogP contribution >= 0.6 is 0 Å². The first-order chi connectivity index (χ1) is 10.3. The van der Waals surface area contributed by atoms with E-state index in [0.29, 0.717) is 11.7 Å². The van der Waals surface area contributed by atoms with Gasteiger partial charge in [0, 0.05) is 12.1 Å². The molecule has 1 aromatic carbocycles. The van der Waals surface area contributed by atoms with Crippen molar-refractivity contribution < 1.29 is 4.52 Å². The maximum atomic E-state index is 6.21. The zero-order chi connectivity index (χ0) is 14.7. The first-order valence-corrected chi connectivity index (χ1v) is 7.67.